The van der Waals surface area contributed by atoms with E-state index in [1.54, 1.807) is 22.5 Å². The van der Waals surface area contributed by atoms with E-state index in [0.29, 0.717) is 24.5 Å². The molecule has 1 aliphatic carbocycles. The number of amides is 1. The summed E-state index contributed by atoms with van der Waals surface area (Å²) in [5.74, 6) is 0.232. The lowest BCUT2D eigenvalue weighted by Crippen LogP contribution is -2.36. The van der Waals surface area contributed by atoms with Crippen molar-refractivity contribution in [2.75, 3.05) is 13.1 Å². The van der Waals surface area contributed by atoms with Crippen molar-refractivity contribution >= 4 is 15.9 Å². The molecule has 1 aromatic carbocycles. The van der Waals surface area contributed by atoms with Crippen LogP contribution in [0.2, 0.25) is 0 Å². The molecular formula is C17H24N2O3S. The van der Waals surface area contributed by atoms with E-state index in [1.165, 1.54) is 0 Å². The second-order valence-corrected chi connectivity index (χ2v) is 8.40. The standard InChI is InChI=1S/C17H24N2O3S/c20-17(15-7-5-8-15)18-13-14-6-4-9-16(12-14)23(21,22)19-10-2-1-3-11-19/h4,6,9,12,15H,1-3,5,7-8,10-11,13H2,(H,18,20). The van der Waals surface area contributed by atoms with Crippen LogP contribution < -0.4 is 5.32 Å². The Hall–Kier alpha value is -1.40. The summed E-state index contributed by atoms with van der Waals surface area (Å²) in [5, 5.41) is 2.91. The average Bonchev–Trinajstić information content (AvgIpc) is 2.52. The third kappa shape index (κ3) is 3.75. The Bertz CT molecular complexity index is 662. The fraction of sp³-hybridized carbons (Fsp3) is 0.588. The van der Waals surface area contributed by atoms with E-state index in [4.69, 9.17) is 0 Å². The molecule has 126 valence electrons. The van der Waals surface area contributed by atoms with Crippen LogP contribution in [0.25, 0.3) is 0 Å². The van der Waals surface area contributed by atoms with Gasteiger partial charge in [0.25, 0.3) is 0 Å². The van der Waals surface area contributed by atoms with Crippen molar-refractivity contribution in [2.45, 2.75) is 50.0 Å². The molecule has 1 aromatic rings. The zero-order valence-corrected chi connectivity index (χ0v) is 14.1. The van der Waals surface area contributed by atoms with Crippen LogP contribution in [-0.2, 0) is 21.4 Å². The Balaban J connectivity index is 1.67. The first-order chi connectivity index (χ1) is 11.1. The van der Waals surface area contributed by atoms with Gasteiger partial charge in [0.05, 0.1) is 4.90 Å². The highest BCUT2D eigenvalue weighted by atomic mass is 32.2. The molecule has 2 fully saturated rings. The van der Waals surface area contributed by atoms with Crippen molar-refractivity contribution in [3.8, 4) is 0 Å². The van der Waals surface area contributed by atoms with Gasteiger partial charge in [0.15, 0.2) is 0 Å². The van der Waals surface area contributed by atoms with Gasteiger partial charge in [-0.3, -0.25) is 4.79 Å². The molecule has 1 amide bonds. The third-order valence-corrected chi connectivity index (χ3v) is 6.69. The van der Waals surface area contributed by atoms with Gasteiger partial charge >= 0.3 is 0 Å². The molecule has 1 saturated heterocycles. The van der Waals surface area contributed by atoms with Crippen LogP contribution in [-0.4, -0.2) is 31.7 Å². The number of nitrogens with zero attached hydrogens (tertiary/aromatic N) is 1. The summed E-state index contributed by atoms with van der Waals surface area (Å²) < 4.78 is 26.9. The summed E-state index contributed by atoms with van der Waals surface area (Å²) in [4.78, 5) is 12.2. The molecule has 5 nitrogen and oxygen atoms in total. The molecule has 6 heteroatoms. The van der Waals surface area contributed by atoms with E-state index in [0.717, 1.165) is 44.1 Å². The molecule has 0 bridgehead atoms. The summed E-state index contributed by atoms with van der Waals surface area (Å²) >= 11 is 0. The number of carbonyl (C=O) groups is 1. The predicted octanol–water partition coefficient (Wildman–Crippen LogP) is 2.28. The fourth-order valence-electron chi connectivity index (χ4n) is 3.07. The van der Waals surface area contributed by atoms with Gasteiger partial charge in [0.1, 0.15) is 0 Å². The molecule has 0 aromatic heterocycles. The predicted molar refractivity (Wildman–Crippen MR) is 88.2 cm³/mol. The SMILES string of the molecule is O=C(NCc1cccc(S(=O)(=O)N2CCCCC2)c1)C1CCC1. The molecule has 0 spiro atoms. The number of hydrogen-bond donors (Lipinski definition) is 1. The highest BCUT2D eigenvalue weighted by Gasteiger charge is 2.27. The maximum Gasteiger partial charge on any atom is 0.243 e. The Kier molecular flexibility index (Phi) is 5.02. The van der Waals surface area contributed by atoms with E-state index >= 15 is 0 Å². The molecule has 3 rings (SSSR count). The van der Waals surface area contributed by atoms with Crippen molar-refractivity contribution < 1.29 is 13.2 Å². The van der Waals surface area contributed by atoms with E-state index in [2.05, 4.69) is 5.32 Å². The molecule has 1 aliphatic heterocycles. The Morgan fingerprint density at radius 3 is 2.52 bits per heavy atom. The van der Waals surface area contributed by atoms with Crippen LogP contribution in [0.1, 0.15) is 44.1 Å². The average molecular weight is 336 g/mol. The summed E-state index contributed by atoms with van der Waals surface area (Å²) in [6.07, 6.45) is 6.01. The minimum Gasteiger partial charge on any atom is -0.352 e. The number of benzene rings is 1. The zero-order chi connectivity index (χ0) is 16.3. The van der Waals surface area contributed by atoms with Crippen molar-refractivity contribution in [1.82, 2.24) is 9.62 Å². The molecule has 0 unspecified atom stereocenters. The molecule has 23 heavy (non-hydrogen) atoms. The number of rotatable bonds is 5. The number of piperidine rings is 1. The normalized spacial score (nSPS) is 20.0. The molecule has 2 aliphatic rings. The maximum absolute atomic E-state index is 12.7. The van der Waals surface area contributed by atoms with Crippen molar-refractivity contribution in [2.24, 2.45) is 5.92 Å². The largest absolute Gasteiger partial charge is 0.352 e. The van der Waals surface area contributed by atoms with Gasteiger partial charge in [-0.25, -0.2) is 8.42 Å². The Labute approximate surface area is 138 Å². The van der Waals surface area contributed by atoms with Gasteiger partial charge in [-0.05, 0) is 43.4 Å². The van der Waals surface area contributed by atoms with Crippen LogP contribution in [0.3, 0.4) is 0 Å². The monoisotopic (exact) mass is 336 g/mol. The highest BCUT2D eigenvalue weighted by Crippen LogP contribution is 2.26. The Morgan fingerprint density at radius 2 is 1.87 bits per heavy atom. The quantitative estimate of drug-likeness (QED) is 0.897. The summed E-state index contributed by atoms with van der Waals surface area (Å²) in [5.41, 5.74) is 0.829. The summed E-state index contributed by atoms with van der Waals surface area (Å²) in [7, 11) is -3.41. The van der Waals surface area contributed by atoms with E-state index in [9.17, 15) is 13.2 Å². The van der Waals surface area contributed by atoms with Gasteiger partial charge < -0.3 is 5.32 Å². The van der Waals surface area contributed by atoms with Crippen LogP contribution in [0.4, 0.5) is 0 Å². The van der Waals surface area contributed by atoms with Gasteiger partial charge in [0.2, 0.25) is 15.9 Å². The second kappa shape index (κ2) is 7.01. The van der Waals surface area contributed by atoms with Gasteiger partial charge in [-0.15, -0.1) is 0 Å². The molecule has 1 saturated carbocycles. The minimum atomic E-state index is -3.41. The third-order valence-electron chi connectivity index (χ3n) is 4.79. The van der Waals surface area contributed by atoms with Gasteiger partial charge in [0, 0.05) is 25.6 Å². The summed E-state index contributed by atoms with van der Waals surface area (Å²) in [6, 6.07) is 6.93. The smallest absolute Gasteiger partial charge is 0.243 e. The number of carbonyl (C=O) groups excluding carboxylic acids is 1. The topological polar surface area (TPSA) is 66.5 Å². The lowest BCUT2D eigenvalue weighted by molar-refractivity contribution is -0.127. The van der Waals surface area contributed by atoms with Crippen LogP contribution in [0.15, 0.2) is 29.2 Å². The van der Waals surface area contributed by atoms with Crippen LogP contribution >= 0.6 is 0 Å². The first-order valence-electron chi connectivity index (χ1n) is 8.44. The highest BCUT2D eigenvalue weighted by molar-refractivity contribution is 7.89. The fourth-order valence-corrected chi connectivity index (χ4v) is 4.66. The molecule has 0 radical (unpaired) electrons. The lowest BCUT2D eigenvalue weighted by Gasteiger charge is -2.26. The molecule has 1 N–H and O–H groups in total. The van der Waals surface area contributed by atoms with Crippen molar-refractivity contribution in [3.05, 3.63) is 29.8 Å². The molecular weight excluding hydrogens is 312 g/mol. The Morgan fingerprint density at radius 1 is 1.13 bits per heavy atom. The first-order valence-corrected chi connectivity index (χ1v) is 9.88. The van der Waals surface area contributed by atoms with Crippen LogP contribution in [0, 0.1) is 5.92 Å². The van der Waals surface area contributed by atoms with Crippen LogP contribution in [0.5, 0.6) is 0 Å². The van der Waals surface area contributed by atoms with Gasteiger partial charge in [-0.1, -0.05) is 25.0 Å². The number of hydrogen-bond acceptors (Lipinski definition) is 3. The lowest BCUT2D eigenvalue weighted by atomic mass is 9.85. The van der Waals surface area contributed by atoms with Crippen molar-refractivity contribution in [1.29, 1.82) is 0 Å². The molecule has 1 heterocycles. The van der Waals surface area contributed by atoms with E-state index < -0.39 is 10.0 Å². The van der Waals surface area contributed by atoms with E-state index in [1.807, 2.05) is 6.07 Å². The van der Waals surface area contributed by atoms with E-state index in [-0.39, 0.29) is 11.8 Å². The second-order valence-electron chi connectivity index (χ2n) is 6.46. The van der Waals surface area contributed by atoms with Crippen molar-refractivity contribution in [3.63, 3.8) is 0 Å². The summed E-state index contributed by atoms with van der Waals surface area (Å²) in [6.45, 7) is 1.59. The molecule has 0 atom stereocenters. The number of nitrogens with one attached hydrogen (secondary N) is 1. The minimum absolute atomic E-state index is 0.0838. The van der Waals surface area contributed by atoms with Gasteiger partial charge in [-0.2, -0.15) is 4.31 Å². The number of sulfonamides is 1. The first kappa shape index (κ1) is 16.5. The zero-order valence-electron chi connectivity index (χ0n) is 13.3. The maximum atomic E-state index is 12.7.